The maximum absolute atomic E-state index is 11.7. The van der Waals surface area contributed by atoms with Gasteiger partial charge in [-0.2, -0.15) is 0 Å². The summed E-state index contributed by atoms with van der Waals surface area (Å²) in [6.45, 7) is 10.0. The Morgan fingerprint density at radius 1 is 1.50 bits per heavy atom. The molecule has 0 aliphatic carbocycles. The first-order chi connectivity index (χ1) is 7.46. The predicted molar refractivity (Wildman–Crippen MR) is 62.3 cm³/mol. The van der Waals surface area contributed by atoms with Gasteiger partial charge in [0.25, 0.3) is 0 Å². The van der Waals surface area contributed by atoms with Gasteiger partial charge in [0.2, 0.25) is 0 Å². The van der Waals surface area contributed by atoms with E-state index < -0.39 is 0 Å². The highest BCUT2D eigenvalue weighted by atomic mass is 16.6. The third-order valence-electron chi connectivity index (χ3n) is 3.20. The van der Waals surface area contributed by atoms with Crippen LogP contribution < -0.4 is 5.32 Å². The molecule has 2 aliphatic rings. The molecule has 4 nitrogen and oxygen atoms in total. The molecular formula is C12H22N2O2. The molecule has 2 saturated heterocycles. The summed E-state index contributed by atoms with van der Waals surface area (Å²) in [6.07, 6.45) is 1.10. The van der Waals surface area contributed by atoms with Gasteiger partial charge in [-0.3, -0.25) is 0 Å². The van der Waals surface area contributed by atoms with Crippen molar-refractivity contribution in [3.05, 3.63) is 0 Å². The minimum absolute atomic E-state index is 0.102. The molecule has 0 aromatic rings. The topological polar surface area (TPSA) is 41.6 Å². The average Bonchev–Trinajstić information content (AvgIpc) is 2.73. The molecule has 1 N–H and O–H groups in total. The molecule has 2 atom stereocenters. The molecule has 1 amide bonds. The van der Waals surface area contributed by atoms with E-state index in [0.717, 1.165) is 32.6 Å². The zero-order valence-electron chi connectivity index (χ0n) is 10.5. The fraction of sp³-hybridized carbons (Fsp3) is 0.917. The van der Waals surface area contributed by atoms with Crippen LogP contribution in [0.2, 0.25) is 0 Å². The Morgan fingerprint density at radius 3 is 2.81 bits per heavy atom. The highest BCUT2D eigenvalue weighted by molar-refractivity contribution is 5.70. The van der Waals surface area contributed by atoms with E-state index in [9.17, 15) is 4.79 Å². The molecule has 0 radical (unpaired) electrons. The van der Waals surface area contributed by atoms with Crippen LogP contribution >= 0.6 is 0 Å². The van der Waals surface area contributed by atoms with Crippen LogP contribution in [0.25, 0.3) is 0 Å². The van der Waals surface area contributed by atoms with Gasteiger partial charge in [0.15, 0.2) is 0 Å². The van der Waals surface area contributed by atoms with Crippen LogP contribution in [0, 0.1) is 11.3 Å². The lowest BCUT2D eigenvalue weighted by atomic mass is 9.95. The number of rotatable bonds is 2. The summed E-state index contributed by atoms with van der Waals surface area (Å²) in [7, 11) is 0. The van der Waals surface area contributed by atoms with E-state index >= 15 is 0 Å². The molecule has 0 saturated carbocycles. The van der Waals surface area contributed by atoms with Crippen molar-refractivity contribution in [3.8, 4) is 0 Å². The molecular weight excluding hydrogens is 204 g/mol. The van der Waals surface area contributed by atoms with E-state index in [4.69, 9.17) is 4.74 Å². The largest absolute Gasteiger partial charge is 0.444 e. The Labute approximate surface area is 97.3 Å². The zero-order chi connectivity index (χ0) is 11.8. The number of hydrogen-bond donors (Lipinski definition) is 1. The van der Waals surface area contributed by atoms with Crippen LogP contribution in [-0.4, -0.2) is 43.3 Å². The second-order valence-corrected chi connectivity index (χ2v) is 6.12. The average molecular weight is 226 g/mol. The number of nitrogens with one attached hydrogen (secondary N) is 1. The van der Waals surface area contributed by atoms with Gasteiger partial charge in [0.1, 0.15) is 6.10 Å². The number of nitrogens with zero attached hydrogens (tertiary/aromatic N) is 1. The standard InChI is InChI=1S/C12H22N2O2/c1-12(2,3)8-14-7-10(16-11(14)15)9-4-5-13-6-9/h9-10,13H,4-8H2,1-3H3. The lowest BCUT2D eigenvalue weighted by Gasteiger charge is -2.24. The Balaban J connectivity index is 1.91. The second kappa shape index (κ2) is 4.24. The molecule has 0 aromatic heterocycles. The molecule has 92 valence electrons. The van der Waals surface area contributed by atoms with Gasteiger partial charge in [0.05, 0.1) is 6.54 Å². The van der Waals surface area contributed by atoms with E-state index in [0.29, 0.717) is 5.92 Å². The summed E-state index contributed by atoms with van der Waals surface area (Å²) in [6, 6.07) is 0. The molecule has 0 spiro atoms. The number of cyclic esters (lactones) is 1. The third kappa shape index (κ3) is 2.67. The minimum Gasteiger partial charge on any atom is -0.444 e. The normalized spacial score (nSPS) is 30.9. The predicted octanol–water partition coefficient (Wildman–Crippen LogP) is 1.46. The Bertz CT molecular complexity index is 267. The maximum atomic E-state index is 11.7. The summed E-state index contributed by atoms with van der Waals surface area (Å²) in [5.74, 6) is 0.508. The maximum Gasteiger partial charge on any atom is 0.410 e. The monoisotopic (exact) mass is 226 g/mol. The summed E-state index contributed by atoms with van der Waals surface area (Å²) >= 11 is 0. The molecule has 2 heterocycles. The van der Waals surface area contributed by atoms with Gasteiger partial charge >= 0.3 is 6.09 Å². The second-order valence-electron chi connectivity index (χ2n) is 6.12. The fourth-order valence-corrected chi connectivity index (χ4v) is 2.47. The van der Waals surface area contributed by atoms with Gasteiger partial charge in [0, 0.05) is 19.0 Å². The van der Waals surface area contributed by atoms with Crippen LogP contribution in [-0.2, 0) is 4.74 Å². The van der Waals surface area contributed by atoms with Gasteiger partial charge in [-0.1, -0.05) is 20.8 Å². The van der Waals surface area contributed by atoms with E-state index in [1.807, 2.05) is 4.90 Å². The first-order valence-corrected chi connectivity index (χ1v) is 6.12. The van der Waals surface area contributed by atoms with Crippen molar-refractivity contribution >= 4 is 6.09 Å². The van der Waals surface area contributed by atoms with Gasteiger partial charge < -0.3 is 15.0 Å². The molecule has 0 bridgehead atoms. The number of amides is 1. The number of hydrogen-bond acceptors (Lipinski definition) is 3. The van der Waals surface area contributed by atoms with Gasteiger partial charge in [-0.05, 0) is 18.4 Å². The zero-order valence-corrected chi connectivity index (χ0v) is 10.5. The lowest BCUT2D eigenvalue weighted by Crippen LogP contribution is -2.34. The van der Waals surface area contributed by atoms with Crippen LogP contribution in [0.1, 0.15) is 27.2 Å². The molecule has 2 fully saturated rings. The molecule has 4 heteroatoms. The van der Waals surface area contributed by atoms with Crippen LogP contribution in [0.5, 0.6) is 0 Å². The van der Waals surface area contributed by atoms with E-state index in [-0.39, 0.29) is 17.6 Å². The van der Waals surface area contributed by atoms with Crippen LogP contribution in [0.4, 0.5) is 4.79 Å². The first kappa shape index (κ1) is 11.7. The molecule has 0 aromatic carbocycles. The van der Waals surface area contributed by atoms with Crippen molar-refractivity contribution in [1.29, 1.82) is 0 Å². The number of carbonyl (C=O) groups excluding carboxylic acids is 1. The van der Waals surface area contributed by atoms with Crippen LogP contribution in [0.15, 0.2) is 0 Å². The van der Waals surface area contributed by atoms with Crippen molar-refractivity contribution in [2.24, 2.45) is 11.3 Å². The third-order valence-corrected chi connectivity index (χ3v) is 3.20. The fourth-order valence-electron chi connectivity index (χ4n) is 2.47. The highest BCUT2D eigenvalue weighted by Gasteiger charge is 2.38. The summed E-state index contributed by atoms with van der Waals surface area (Å²) < 4.78 is 5.45. The van der Waals surface area contributed by atoms with E-state index in [2.05, 4.69) is 26.1 Å². The summed E-state index contributed by atoms with van der Waals surface area (Å²) in [5, 5.41) is 3.32. The molecule has 2 aliphatic heterocycles. The van der Waals surface area contributed by atoms with Crippen molar-refractivity contribution in [3.63, 3.8) is 0 Å². The van der Waals surface area contributed by atoms with Gasteiger partial charge in [-0.15, -0.1) is 0 Å². The molecule has 2 unspecified atom stereocenters. The van der Waals surface area contributed by atoms with Crippen molar-refractivity contribution in [2.75, 3.05) is 26.2 Å². The number of ether oxygens (including phenoxy) is 1. The SMILES string of the molecule is CC(C)(C)CN1CC(C2CCNC2)OC1=O. The Kier molecular flexibility index (Phi) is 3.10. The lowest BCUT2D eigenvalue weighted by molar-refractivity contribution is 0.106. The quantitative estimate of drug-likeness (QED) is 0.775. The summed E-state index contributed by atoms with van der Waals surface area (Å²) in [5.41, 5.74) is 0.141. The first-order valence-electron chi connectivity index (χ1n) is 6.12. The van der Waals surface area contributed by atoms with E-state index in [1.54, 1.807) is 0 Å². The van der Waals surface area contributed by atoms with Crippen LogP contribution in [0.3, 0.4) is 0 Å². The highest BCUT2D eigenvalue weighted by Crippen LogP contribution is 2.25. The van der Waals surface area contributed by atoms with Crippen molar-refractivity contribution in [2.45, 2.75) is 33.3 Å². The van der Waals surface area contributed by atoms with Crippen molar-refractivity contribution in [1.82, 2.24) is 10.2 Å². The number of carbonyl (C=O) groups is 1. The Morgan fingerprint density at radius 2 is 2.25 bits per heavy atom. The molecule has 16 heavy (non-hydrogen) atoms. The van der Waals surface area contributed by atoms with E-state index in [1.165, 1.54) is 0 Å². The minimum atomic E-state index is -0.133. The molecule has 2 rings (SSSR count). The van der Waals surface area contributed by atoms with Gasteiger partial charge in [-0.25, -0.2) is 4.79 Å². The summed E-state index contributed by atoms with van der Waals surface area (Å²) in [4.78, 5) is 13.6. The smallest absolute Gasteiger partial charge is 0.410 e. The Hall–Kier alpha value is -0.770. The van der Waals surface area contributed by atoms with Crippen molar-refractivity contribution < 1.29 is 9.53 Å².